The number of morpholine rings is 1. The molecule has 23 heavy (non-hydrogen) atoms. The van der Waals surface area contributed by atoms with Gasteiger partial charge in [0, 0.05) is 39.3 Å². The zero-order valence-corrected chi connectivity index (χ0v) is 13.8. The average molecular weight is 324 g/mol. The molecule has 3 saturated heterocycles. The van der Waals surface area contributed by atoms with Crippen LogP contribution in [0.5, 0.6) is 0 Å². The molecule has 130 valence electrons. The molecule has 0 aromatic carbocycles. The van der Waals surface area contributed by atoms with Gasteiger partial charge in [-0.05, 0) is 19.4 Å². The predicted molar refractivity (Wildman–Crippen MR) is 86.1 cm³/mol. The second-order valence-corrected chi connectivity index (χ2v) is 6.60. The minimum absolute atomic E-state index is 0.0145. The van der Waals surface area contributed by atoms with Crippen molar-refractivity contribution in [3.8, 4) is 0 Å². The van der Waals surface area contributed by atoms with Crippen molar-refractivity contribution < 1.29 is 14.3 Å². The van der Waals surface area contributed by atoms with Crippen LogP contribution in [0.3, 0.4) is 0 Å². The summed E-state index contributed by atoms with van der Waals surface area (Å²) < 4.78 is 5.31. The second-order valence-electron chi connectivity index (χ2n) is 6.60. The molecule has 3 rings (SSSR count). The number of ether oxygens (including phenoxy) is 1. The van der Waals surface area contributed by atoms with Crippen LogP contribution in [0.1, 0.15) is 19.3 Å². The molecule has 0 aliphatic carbocycles. The van der Waals surface area contributed by atoms with Crippen LogP contribution in [0.15, 0.2) is 0 Å². The molecular formula is C16H28N4O3. The molecule has 7 nitrogen and oxygen atoms in total. The van der Waals surface area contributed by atoms with E-state index in [0.29, 0.717) is 45.9 Å². The maximum Gasteiger partial charge on any atom is 0.239 e. The third-order valence-corrected chi connectivity index (χ3v) is 5.02. The molecule has 0 bridgehead atoms. The highest BCUT2D eigenvalue weighted by Crippen LogP contribution is 2.12. The van der Waals surface area contributed by atoms with Crippen molar-refractivity contribution in [2.75, 3.05) is 65.6 Å². The molecule has 1 atom stereocenters. The highest BCUT2D eigenvalue weighted by Gasteiger charge is 2.30. The maximum absolute atomic E-state index is 12.5. The van der Waals surface area contributed by atoms with Gasteiger partial charge in [-0.15, -0.1) is 0 Å². The molecular weight excluding hydrogens is 296 g/mol. The number of carbonyl (C=O) groups excluding carboxylic acids is 2. The van der Waals surface area contributed by atoms with E-state index < -0.39 is 0 Å². The molecule has 3 aliphatic rings. The Hall–Kier alpha value is -1.18. The van der Waals surface area contributed by atoms with Crippen molar-refractivity contribution in [3.05, 3.63) is 0 Å². The molecule has 0 saturated carbocycles. The fourth-order valence-corrected chi connectivity index (χ4v) is 3.51. The first kappa shape index (κ1) is 16.7. The van der Waals surface area contributed by atoms with Gasteiger partial charge >= 0.3 is 0 Å². The van der Waals surface area contributed by atoms with E-state index in [2.05, 4.69) is 10.2 Å². The van der Waals surface area contributed by atoms with Crippen molar-refractivity contribution in [2.24, 2.45) is 0 Å². The normalized spacial score (nSPS) is 27.0. The van der Waals surface area contributed by atoms with E-state index in [-0.39, 0.29) is 17.9 Å². The minimum atomic E-state index is -0.0145. The first-order valence-electron chi connectivity index (χ1n) is 8.84. The third-order valence-electron chi connectivity index (χ3n) is 5.02. The number of hydrogen-bond acceptors (Lipinski definition) is 5. The van der Waals surface area contributed by atoms with Crippen molar-refractivity contribution in [1.29, 1.82) is 0 Å². The van der Waals surface area contributed by atoms with Gasteiger partial charge in [0.05, 0.1) is 25.8 Å². The summed E-state index contributed by atoms with van der Waals surface area (Å²) in [6, 6.07) is -0.0145. The Bertz CT molecular complexity index is 412. The third kappa shape index (κ3) is 4.43. The molecule has 3 fully saturated rings. The fourth-order valence-electron chi connectivity index (χ4n) is 3.51. The Balaban J connectivity index is 1.42. The van der Waals surface area contributed by atoms with Crippen LogP contribution in [-0.2, 0) is 14.3 Å². The lowest BCUT2D eigenvalue weighted by Crippen LogP contribution is -2.57. The molecule has 2 amide bonds. The SMILES string of the molecule is O=C(CN1CCOCC1)N1CCN(C(=O)C2CCCCN2)CC1. The molecule has 0 spiro atoms. The van der Waals surface area contributed by atoms with Gasteiger partial charge < -0.3 is 19.9 Å². The van der Waals surface area contributed by atoms with Gasteiger partial charge in [-0.2, -0.15) is 0 Å². The summed E-state index contributed by atoms with van der Waals surface area (Å²) in [7, 11) is 0. The van der Waals surface area contributed by atoms with E-state index in [1.165, 1.54) is 0 Å². The Morgan fingerprint density at radius 1 is 0.957 bits per heavy atom. The summed E-state index contributed by atoms with van der Waals surface area (Å²) >= 11 is 0. The Morgan fingerprint density at radius 2 is 1.65 bits per heavy atom. The standard InChI is InChI=1S/C16H28N4O3/c21-15(13-18-9-11-23-12-10-18)19-5-7-20(8-6-19)16(22)14-3-1-2-4-17-14/h14,17H,1-13H2. The van der Waals surface area contributed by atoms with Crippen LogP contribution < -0.4 is 5.32 Å². The Labute approximate surface area is 137 Å². The Kier molecular flexibility index (Phi) is 5.85. The molecule has 1 N–H and O–H groups in total. The summed E-state index contributed by atoms with van der Waals surface area (Å²) in [5.74, 6) is 0.389. The van der Waals surface area contributed by atoms with Crippen LogP contribution in [0.2, 0.25) is 0 Å². The number of hydrogen-bond donors (Lipinski definition) is 1. The van der Waals surface area contributed by atoms with Gasteiger partial charge in [-0.25, -0.2) is 0 Å². The van der Waals surface area contributed by atoms with Gasteiger partial charge in [0.1, 0.15) is 0 Å². The van der Waals surface area contributed by atoms with E-state index >= 15 is 0 Å². The lowest BCUT2D eigenvalue weighted by Gasteiger charge is -2.38. The van der Waals surface area contributed by atoms with Crippen LogP contribution in [0, 0.1) is 0 Å². The smallest absolute Gasteiger partial charge is 0.239 e. The highest BCUT2D eigenvalue weighted by atomic mass is 16.5. The largest absolute Gasteiger partial charge is 0.379 e. The molecule has 7 heteroatoms. The molecule has 0 aromatic rings. The van der Waals surface area contributed by atoms with Gasteiger partial charge in [0.15, 0.2) is 0 Å². The molecule has 0 aromatic heterocycles. The minimum Gasteiger partial charge on any atom is -0.379 e. The van der Waals surface area contributed by atoms with E-state index in [1.54, 1.807) is 0 Å². The highest BCUT2D eigenvalue weighted by molar-refractivity contribution is 5.83. The number of nitrogens with zero attached hydrogens (tertiary/aromatic N) is 3. The summed E-state index contributed by atoms with van der Waals surface area (Å²) in [5, 5.41) is 3.31. The number of piperazine rings is 1. The quantitative estimate of drug-likeness (QED) is 0.731. The molecule has 1 unspecified atom stereocenters. The van der Waals surface area contributed by atoms with E-state index in [4.69, 9.17) is 4.74 Å². The van der Waals surface area contributed by atoms with Crippen LogP contribution >= 0.6 is 0 Å². The topological polar surface area (TPSA) is 65.1 Å². The van der Waals surface area contributed by atoms with Crippen molar-refractivity contribution in [2.45, 2.75) is 25.3 Å². The molecule has 3 heterocycles. The van der Waals surface area contributed by atoms with Gasteiger partial charge in [-0.3, -0.25) is 14.5 Å². The van der Waals surface area contributed by atoms with Gasteiger partial charge in [-0.1, -0.05) is 6.42 Å². The first-order valence-corrected chi connectivity index (χ1v) is 8.84. The number of amides is 2. The first-order chi connectivity index (χ1) is 11.2. The predicted octanol–water partition coefficient (Wildman–Crippen LogP) is -0.868. The lowest BCUT2D eigenvalue weighted by molar-refractivity contribution is -0.142. The zero-order chi connectivity index (χ0) is 16.1. The van der Waals surface area contributed by atoms with Crippen molar-refractivity contribution in [3.63, 3.8) is 0 Å². The van der Waals surface area contributed by atoms with Gasteiger partial charge in [0.2, 0.25) is 11.8 Å². The lowest BCUT2D eigenvalue weighted by atomic mass is 10.0. The van der Waals surface area contributed by atoms with Crippen LogP contribution in [0.4, 0.5) is 0 Å². The molecule has 3 aliphatic heterocycles. The monoisotopic (exact) mass is 324 g/mol. The van der Waals surface area contributed by atoms with Crippen molar-refractivity contribution >= 4 is 11.8 Å². The number of carbonyl (C=O) groups is 2. The average Bonchev–Trinajstić information content (AvgIpc) is 2.63. The second kappa shape index (κ2) is 8.08. The van der Waals surface area contributed by atoms with E-state index in [1.807, 2.05) is 9.80 Å². The number of nitrogens with one attached hydrogen (secondary N) is 1. The number of piperidine rings is 1. The summed E-state index contributed by atoms with van der Waals surface area (Å²) in [5.41, 5.74) is 0. The Morgan fingerprint density at radius 3 is 2.30 bits per heavy atom. The number of rotatable bonds is 3. The van der Waals surface area contributed by atoms with Crippen LogP contribution in [-0.4, -0.2) is 98.1 Å². The molecule has 0 radical (unpaired) electrons. The van der Waals surface area contributed by atoms with Crippen molar-refractivity contribution in [1.82, 2.24) is 20.0 Å². The van der Waals surface area contributed by atoms with Crippen LogP contribution in [0.25, 0.3) is 0 Å². The maximum atomic E-state index is 12.5. The summed E-state index contributed by atoms with van der Waals surface area (Å²) in [6.45, 7) is 7.12. The summed E-state index contributed by atoms with van der Waals surface area (Å²) in [4.78, 5) is 30.8. The van der Waals surface area contributed by atoms with Gasteiger partial charge in [0.25, 0.3) is 0 Å². The fraction of sp³-hybridized carbons (Fsp3) is 0.875. The van der Waals surface area contributed by atoms with E-state index in [9.17, 15) is 9.59 Å². The zero-order valence-electron chi connectivity index (χ0n) is 13.8. The summed E-state index contributed by atoms with van der Waals surface area (Å²) in [6.07, 6.45) is 3.23. The van der Waals surface area contributed by atoms with E-state index in [0.717, 1.165) is 38.9 Å².